The zero-order valence-corrected chi connectivity index (χ0v) is 9.54. The standard InChI is InChI=1S/C3H4Cl2.2CH3.Sn/c1-3(5)2-4;;;/h1-2H2;2*1H3;. The molecular formula is C5H10Cl2Sn. The molecule has 0 heterocycles. The minimum absolute atomic E-state index is 0.230. The number of allylic oxidation sites excluding steroid dienone is 1. The van der Waals surface area contributed by atoms with Crippen LogP contribution in [0.3, 0.4) is 0 Å². The normalized spacial score (nSPS) is 7.00. The molecule has 2 radical (unpaired) electrons. The third-order valence-electron chi connectivity index (χ3n) is 0.145. The van der Waals surface area contributed by atoms with Crippen molar-refractivity contribution < 1.29 is 0 Å². The second-order valence-corrected chi connectivity index (χ2v) is 4.81. The molecule has 0 saturated carbocycles. The SMILES string of the molecule is C=C(Cl)CCl.[CH3][Sn][CH3]. The predicted octanol–water partition coefficient (Wildman–Crippen LogP) is 2.76. The Morgan fingerprint density at radius 3 is 1.75 bits per heavy atom. The van der Waals surface area contributed by atoms with E-state index in [0.29, 0.717) is 10.9 Å². The Balaban J connectivity index is 0. The van der Waals surface area contributed by atoms with Gasteiger partial charge in [0.25, 0.3) is 0 Å². The van der Waals surface area contributed by atoms with E-state index < -0.39 is 0 Å². The van der Waals surface area contributed by atoms with Crippen LogP contribution in [0.1, 0.15) is 0 Å². The van der Waals surface area contributed by atoms with Crippen LogP contribution >= 0.6 is 23.2 Å². The van der Waals surface area contributed by atoms with Gasteiger partial charge in [0, 0.05) is 5.03 Å². The molecule has 0 nitrogen and oxygen atoms in total. The molecule has 0 saturated heterocycles. The second kappa shape index (κ2) is 11.0. The van der Waals surface area contributed by atoms with Gasteiger partial charge in [-0.25, -0.2) is 0 Å². The monoisotopic (exact) mass is 260 g/mol. The number of alkyl halides is 1. The molecule has 0 fully saturated rings. The summed E-state index contributed by atoms with van der Waals surface area (Å²) in [6.45, 7) is 3.31. The van der Waals surface area contributed by atoms with E-state index in [-0.39, 0.29) is 21.1 Å². The summed E-state index contributed by atoms with van der Waals surface area (Å²) in [6, 6.07) is 0. The zero-order chi connectivity index (χ0) is 6.99. The van der Waals surface area contributed by atoms with Crippen LogP contribution in [0.4, 0.5) is 0 Å². The number of rotatable bonds is 1. The van der Waals surface area contributed by atoms with E-state index in [4.69, 9.17) is 23.2 Å². The first-order chi connectivity index (χ1) is 3.68. The number of hydrogen-bond donors (Lipinski definition) is 0. The molecule has 8 heavy (non-hydrogen) atoms. The summed E-state index contributed by atoms with van der Waals surface area (Å²) in [5.41, 5.74) is 0. The van der Waals surface area contributed by atoms with Crippen LogP contribution in [-0.4, -0.2) is 27.0 Å². The molecule has 0 unspecified atom stereocenters. The number of hydrogen-bond acceptors (Lipinski definition) is 0. The summed E-state index contributed by atoms with van der Waals surface area (Å²) in [5.74, 6) is 0.349. The van der Waals surface area contributed by atoms with Crippen molar-refractivity contribution in [3.8, 4) is 0 Å². The Morgan fingerprint density at radius 2 is 1.75 bits per heavy atom. The minimum atomic E-state index is 0.230. The Kier molecular flexibility index (Phi) is 16.3. The van der Waals surface area contributed by atoms with E-state index in [1.54, 1.807) is 0 Å². The second-order valence-electron chi connectivity index (χ2n) is 1.15. The Labute approximate surface area is 71.5 Å². The molecule has 0 bridgehead atoms. The molecule has 0 N–H and O–H groups in total. The van der Waals surface area contributed by atoms with Crippen molar-refractivity contribution in [3.63, 3.8) is 0 Å². The van der Waals surface area contributed by atoms with Crippen molar-refractivity contribution >= 4 is 44.3 Å². The van der Waals surface area contributed by atoms with Crippen molar-refractivity contribution in [2.75, 3.05) is 5.88 Å². The fourth-order valence-electron chi connectivity index (χ4n) is 0. The van der Waals surface area contributed by atoms with E-state index in [1.807, 2.05) is 0 Å². The van der Waals surface area contributed by atoms with Gasteiger partial charge in [-0.3, -0.25) is 0 Å². The molecule has 0 aromatic carbocycles. The van der Waals surface area contributed by atoms with Crippen LogP contribution in [0.15, 0.2) is 11.6 Å². The van der Waals surface area contributed by atoms with Gasteiger partial charge in [0.2, 0.25) is 0 Å². The topological polar surface area (TPSA) is 0 Å². The molecule has 0 aromatic heterocycles. The molecular weight excluding hydrogens is 250 g/mol. The first-order valence-electron chi connectivity index (χ1n) is 2.16. The summed E-state index contributed by atoms with van der Waals surface area (Å²) < 4.78 is 0. The predicted molar refractivity (Wildman–Crippen MR) is 43.2 cm³/mol. The van der Waals surface area contributed by atoms with Gasteiger partial charge in [-0.1, -0.05) is 18.2 Å². The molecule has 0 rings (SSSR count). The summed E-state index contributed by atoms with van der Waals surface area (Å²) in [4.78, 5) is 4.59. The summed E-state index contributed by atoms with van der Waals surface area (Å²) >= 11 is 10.5. The van der Waals surface area contributed by atoms with Gasteiger partial charge in [0.15, 0.2) is 0 Å². The van der Waals surface area contributed by atoms with E-state index in [1.165, 1.54) is 0 Å². The van der Waals surface area contributed by atoms with Gasteiger partial charge in [-0.05, 0) is 0 Å². The Hall–Kier alpha value is 1.12. The molecule has 0 amide bonds. The molecule has 48 valence electrons. The van der Waals surface area contributed by atoms with Crippen LogP contribution in [0, 0.1) is 0 Å². The third kappa shape index (κ3) is 27.4. The zero-order valence-electron chi connectivity index (χ0n) is 5.17. The van der Waals surface area contributed by atoms with Crippen molar-refractivity contribution in [3.05, 3.63) is 11.6 Å². The number of halogens is 2. The van der Waals surface area contributed by atoms with Crippen molar-refractivity contribution in [2.24, 2.45) is 0 Å². The first kappa shape index (κ1) is 11.9. The van der Waals surface area contributed by atoms with Gasteiger partial charge in [-0.2, -0.15) is 0 Å². The van der Waals surface area contributed by atoms with Crippen molar-refractivity contribution in [1.82, 2.24) is 0 Å². The van der Waals surface area contributed by atoms with Gasteiger partial charge >= 0.3 is 31.0 Å². The third-order valence-corrected chi connectivity index (χ3v) is 0.738. The van der Waals surface area contributed by atoms with E-state index in [9.17, 15) is 0 Å². The fourth-order valence-corrected chi connectivity index (χ4v) is 0. The summed E-state index contributed by atoms with van der Waals surface area (Å²) in [5, 5.41) is 0.492. The van der Waals surface area contributed by atoms with Crippen LogP contribution in [0.25, 0.3) is 0 Å². The van der Waals surface area contributed by atoms with Crippen LogP contribution in [0.2, 0.25) is 9.88 Å². The van der Waals surface area contributed by atoms with Crippen LogP contribution < -0.4 is 0 Å². The van der Waals surface area contributed by atoms with Crippen molar-refractivity contribution in [1.29, 1.82) is 0 Å². The maximum absolute atomic E-state index is 5.14. The molecule has 0 aliphatic rings. The molecule has 0 aromatic rings. The van der Waals surface area contributed by atoms with Crippen molar-refractivity contribution in [2.45, 2.75) is 9.88 Å². The summed E-state index contributed by atoms with van der Waals surface area (Å²) in [7, 11) is 0. The van der Waals surface area contributed by atoms with Gasteiger partial charge in [-0.15, -0.1) is 11.6 Å². The van der Waals surface area contributed by atoms with Gasteiger partial charge < -0.3 is 0 Å². The quantitative estimate of drug-likeness (QED) is 0.502. The average Bonchev–Trinajstić information content (AvgIpc) is 1.69. The molecule has 0 aliphatic carbocycles. The van der Waals surface area contributed by atoms with Gasteiger partial charge in [0.05, 0.1) is 5.88 Å². The summed E-state index contributed by atoms with van der Waals surface area (Å²) in [6.07, 6.45) is 0. The van der Waals surface area contributed by atoms with Crippen LogP contribution in [-0.2, 0) is 0 Å². The first-order valence-corrected chi connectivity index (χ1v) is 8.78. The maximum atomic E-state index is 5.14. The molecule has 0 aliphatic heterocycles. The Bertz CT molecular complexity index is 54.4. The fraction of sp³-hybridized carbons (Fsp3) is 0.600. The van der Waals surface area contributed by atoms with Gasteiger partial charge in [0.1, 0.15) is 0 Å². The Morgan fingerprint density at radius 1 is 1.62 bits per heavy atom. The molecule has 3 heteroatoms. The van der Waals surface area contributed by atoms with E-state index >= 15 is 0 Å². The van der Waals surface area contributed by atoms with E-state index in [0.717, 1.165) is 0 Å². The average molecular weight is 260 g/mol. The van der Waals surface area contributed by atoms with Crippen LogP contribution in [0.5, 0.6) is 0 Å². The molecule has 0 spiro atoms. The molecule has 0 atom stereocenters. The van der Waals surface area contributed by atoms with E-state index in [2.05, 4.69) is 16.5 Å².